The van der Waals surface area contributed by atoms with Crippen LogP contribution in [0.4, 0.5) is 11.5 Å². The SMILES string of the molecule is CSc1nc(Nc2cccc(O)c2O)c2ncn(C3CCCO3)c2n1. The molecule has 8 nitrogen and oxygen atoms in total. The van der Waals surface area contributed by atoms with Gasteiger partial charge >= 0.3 is 0 Å². The average molecular weight is 359 g/mol. The Morgan fingerprint density at radius 2 is 2.20 bits per heavy atom. The van der Waals surface area contributed by atoms with Gasteiger partial charge in [-0.2, -0.15) is 0 Å². The number of benzene rings is 1. The fraction of sp³-hybridized carbons (Fsp3) is 0.312. The van der Waals surface area contributed by atoms with E-state index in [2.05, 4.69) is 20.3 Å². The van der Waals surface area contributed by atoms with E-state index >= 15 is 0 Å². The van der Waals surface area contributed by atoms with E-state index in [9.17, 15) is 10.2 Å². The van der Waals surface area contributed by atoms with E-state index in [1.807, 2.05) is 10.8 Å². The van der Waals surface area contributed by atoms with Crippen LogP contribution in [0.2, 0.25) is 0 Å². The predicted molar refractivity (Wildman–Crippen MR) is 94.4 cm³/mol. The smallest absolute Gasteiger partial charge is 0.191 e. The zero-order valence-electron chi connectivity index (χ0n) is 13.5. The van der Waals surface area contributed by atoms with Gasteiger partial charge in [0, 0.05) is 6.61 Å². The summed E-state index contributed by atoms with van der Waals surface area (Å²) in [6.45, 7) is 0.729. The molecule has 0 saturated carbocycles. The second kappa shape index (κ2) is 6.41. The highest BCUT2D eigenvalue weighted by molar-refractivity contribution is 7.98. The monoisotopic (exact) mass is 359 g/mol. The molecule has 3 aromatic rings. The van der Waals surface area contributed by atoms with Crippen molar-refractivity contribution in [2.24, 2.45) is 0 Å². The molecular formula is C16H17N5O3S. The normalized spacial score (nSPS) is 17.2. The minimum atomic E-state index is -0.237. The first-order chi connectivity index (χ1) is 12.2. The van der Waals surface area contributed by atoms with Gasteiger partial charge in [0.2, 0.25) is 0 Å². The van der Waals surface area contributed by atoms with Crippen molar-refractivity contribution < 1.29 is 14.9 Å². The number of nitrogens with one attached hydrogen (secondary N) is 1. The number of fused-ring (bicyclic) bond motifs is 1. The van der Waals surface area contributed by atoms with Crippen molar-refractivity contribution in [2.75, 3.05) is 18.2 Å². The molecule has 0 aliphatic carbocycles. The molecule has 0 bridgehead atoms. The number of rotatable bonds is 4. The number of thioether (sulfide) groups is 1. The van der Waals surface area contributed by atoms with Crippen LogP contribution in [-0.4, -0.2) is 42.6 Å². The van der Waals surface area contributed by atoms with Gasteiger partial charge in [-0.05, 0) is 31.2 Å². The molecule has 1 fully saturated rings. The van der Waals surface area contributed by atoms with E-state index in [4.69, 9.17) is 4.74 Å². The molecule has 0 radical (unpaired) electrons. The third-order valence-corrected chi connectivity index (χ3v) is 4.61. The van der Waals surface area contributed by atoms with E-state index in [1.54, 1.807) is 18.5 Å². The van der Waals surface area contributed by atoms with Crippen LogP contribution in [0.15, 0.2) is 29.7 Å². The molecule has 4 rings (SSSR count). The highest BCUT2D eigenvalue weighted by Crippen LogP contribution is 2.36. The number of hydrogen-bond acceptors (Lipinski definition) is 8. The third kappa shape index (κ3) is 2.85. The van der Waals surface area contributed by atoms with E-state index in [1.165, 1.54) is 17.8 Å². The summed E-state index contributed by atoms with van der Waals surface area (Å²) < 4.78 is 7.65. The lowest BCUT2D eigenvalue weighted by molar-refractivity contribution is 0.0592. The Balaban J connectivity index is 1.81. The van der Waals surface area contributed by atoms with E-state index < -0.39 is 0 Å². The quantitative estimate of drug-likeness (QED) is 0.371. The van der Waals surface area contributed by atoms with Crippen LogP contribution in [0.1, 0.15) is 19.1 Å². The maximum absolute atomic E-state index is 10.0. The molecule has 3 N–H and O–H groups in total. The van der Waals surface area contributed by atoms with Crippen molar-refractivity contribution in [2.45, 2.75) is 24.2 Å². The Hall–Kier alpha value is -2.52. The van der Waals surface area contributed by atoms with Crippen LogP contribution >= 0.6 is 11.8 Å². The summed E-state index contributed by atoms with van der Waals surface area (Å²) in [7, 11) is 0. The largest absolute Gasteiger partial charge is 0.504 e. The van der Waals surface area contributed by atoms with Gasteiger partial charge in [0.05, 0.1) is 12.0 Å². The van der Waals surface area contributed by atoms with Crippen LogP contribution in [0.3, 0.4) is 0 Å². The third-order valence-electron chi connectivity index (χ3n) is 4.07. The first kappa shape index (κ1) is 16.0. The number of phenolic OH excluding ortho intramolecular Hbond substituents is 2. The summed E-state index contributed by atoms with van der Waals surface area (Å²) in [5, 5.41) is 23.3. The summed E-state index contributed by atoms with van der Waals surface area (Å²) >= 11 is 1.41. The highest BCUT2D eigenvalue weighted by Gasteiger charge is 2.22. The molecule has 1 aromatic carbocycles. The minimum Gasteiger partial charge on any atom is -0.504 e. The number of aromatic nitrogens is 4. The maximum atomic E-state index is 10.0. The fourth-order valence-electron chi connectivity index (χ4n) is 2.83. The summed E-state index contributed by atoms with van der Waals surface area (Å²) in [5.41, 5.74) is 1.60. The van der Waals surface area contributed by atoms with Crippen LogP contribution < -0.4 is 5.32 Å². The molecule has 25 heavy (non-hydrogen) atoms. The average Bonchev–Trinajstić information content (AvgIpc) is 3.27. The molecule has 2 aromatic heterocycles. The van der Waals surface area contributed by atoms with Crippen molar-refractivity contribution in [3.05, 3.63) is 24.5 Å². The lowest BCUT2D eigenvalue weighted by Gasteiger charge is -2.13. The minimum absolute atomic E-state index is 0.0726. The van der Waals surface area contributed by atoms with E-state index in [0.29, 0.717) is 27.8 Å². The van der Waals surface area contributed by atoms with Crippen molar-refractivity contribution >= 4 is 34.4 Å². The first-order valence-electron chi connectivity index (χ1n) is 7.85. The number of ether oxygens (including phenoxy) is 1. The molecule has 3 heterocycles. The second-order valence-electron chi connectivity index (χ2n) is 5.65. The van der Waals surface area contributed by atoms with Gasteiger partial charge in [0.25, 0.3) is 0 Å². The van der Waals surface area contributed by atoms with Crippen molar-refractivity contribution in [1.29, 1.82) is 0 Å². The molecule has 130 valence electrons. The van der Waals surface area contributed by atoms with Crippen molar-refractivity contribution in [3.8, 4) is 11.5 Å². The number of phenols is 2. The Labute approximate surface area is 147 Å². The van der Waals surface area contributed by atoms with Crippen molar-refractivity contribution in [1.82, 2.24) is 19.5 Å². The Morgan fingerprint density at radius 3 is 2.96 bits per heavy atom. The van der Waals surface area contributed by atoms with Gasteiger partial charge in [-0.3, -0.25) is 4.57 Å². The predicted octanol–water partition coefficient (Wildman–Crippen LogP) is 3.01. The number of hydrogen-bond donors (Lipinski definition) is 3. The zero-order valence-corrected chi connectivity index (χ0v) is 14.3. The second-order valence-corrected chi connectivity index (χ2v) is 6.42. The van der Waals surface area contributed by atoms with Gasteiger partial charge in [-0.15, -0.1) is 0 Å². The first-order valence-corrected chi connectivity index (χ1v) is 9.08. The highest BCUT2D eigenvalue weighted by atomic mass is 32.2. The zero-order chi connectivity index (χ0) is 17.4. The van der Waals surface area contributed by atoms with Gasteiger partial charge in [-0.1, -0.05) is 17.8 Å². The van der Waals surface area contributed by atoms with E-state index in [-0.39, 0.29) is 17.7 Å². The van der Waals surface area contributed by atoms with E-state index in [0.717, 1.165) is 19.4 Å². The molecule has 0 spiro atoms. The maximum Gasteiger partial charge on any atom is 0.191 e. The fourth-order valence-corrected chi connectivity index (χ4v) is 3.19. The molecule has 0 amide bonds. The molecule has 9 heteroatoms. The van der Waals surface area contributed by atoms with Crippen LogP contribution in [0, 0.1) is 0 Å². The Bertz CT molecular complexity index is 924. The lowest BCUT2D eigenvalue weighted by atomic mass is 10.2. The number of anilines is 2. The molecule has 1 aliphatic heterocycles. The Morgan fingerprint density at radius 1 is 1.32 bits per heavy atom. The summed E-state index contributed by atoms with van der Waals surface area (Å²) in [5.74, 6) is 0.0239. The molecule has 1 saturated heterocycles. The summed E-state index contributed by atoms with van der Waals surface area (Å²) in [6, 6.07) is 4.70. The van der Waals surface area contributed by atoms with Crippen LogP contribution in [-0.2, 0) is 4.74 Å². The van der Waals surface area contributed by atoms with Crippen molar-refractivity contribution in [3.63, 3.8) is 0 Å². The molecule has 1 atom stereocenters. The molecule has 1 aliphatic rings. The summed E-state index contributed by atoms with van der Waals surface area (Å²) in [4.78, 5) is 13.4. The molecule has 1 unspecified atom stereocenters. The number of nitrogens with zero attached hydrogens (tertiary/aromatic N) is 4. The summed E-state index contributed by atoms with van der Waals surface area (Å²) in [6.07, 6.45) is 5.45. The number of imidazole rings is 1. The lowest BCUT2D eigenvalue weighted by Crippen LogP contribution is -2.07. The Kier molecular flexibility index (Phi) is 4.10. The van der Waals surface area contributed by atoms with Gasteiger partial charge < -0.3 is 20.3 Å². The van der Waals surface area contributed by atoms with Crippen LogP contribution in [0.25, 0.3) is 11.2 Å². The van der Waals surface area contributed by atoms with Gasteiger partial charge in [0.15, 0.2) is 33.6 Å². The topological polar surface area (TPSA) is 105 Å². The number of aromatic hydroxyl groups is 2. The van der Waals surface area contributed by atoms with Gasteiger partial charge in [-0.25, -0.2) is 15.0 Å². The van der Waals surface area contributed by atoms with Gasteiger partial charge in [0.1, 0.15) is 6.23 Å². The number of para-hydroxylation sites is 1. The standard InChI is InChI=1S/C16H17N5O3S/c1-25-16-19-14(18-9-4-2-5-10(22)13(9)23)12-15(20-16)21(8-17-12)11-6-3-7-24-11/h2,4-5,8,11,22-23H,3,6-7H2,1H3,(H,18,19,20). The van der Waals surface area contributed by atoms with Crippen LogP contribution in [0.5, 0.6) is 11.5 Å². The molecular weight excluding hydrogens is 342 g/mol.